The lowest BCUT2D eigenvalue weighted by molar-refractivity contribution is -0.141. The SMILES string of the molecule is O=C(C=Cc1ccc(Cl)c(Cl)c1)NC(Cc1ccc(I)cc1)C(=O)O. The molecule has 25 heavy (non-hydrogen) atoms. The molecule has 4 nitrogen and oxygen atoms in total. The highest BCUT2D eigenvalue weighted by molar-refractivity contribution is 14.1. The molecule has 2 aromatic carbocycles. The second-order valence-corrected chi connectivity index (χ2v) is 7.30. The van der Waals surface area contributed by atoms with E-state index >= 15 is 0 Å². The van der Waals surface area contributed by atoms with Crippen molar-refractivity contribution in [3.63, 3.8) is 0 Å². The largest absolute Gasteiger partial charge is 0.480 e. The predicted molar refractivity (Wildman–Crippen MR) is 108 cm³/mol. The first kappa shape index (κ1) is 19.8. The van der Waals surface area contributed by atoms with Crippen molar-refractivity contribution >= 4 is 63.7 Å². The van der Waals surface area contributed by atoms with Crippen LogP contribution in [-0.4, -0.2) is 23.0 Å². The fourth-order valence-electron chi connectivity index (χ4n) is 2.06. The maximum atomic E-state index is 12.0. The minimum absolute atomic E-state index is 0.207. The fraction of sp³-hybridized carbons (Fsp3) is 0.111. The van der Waals surface area contributed by atoms with Gasteiger partial charge in [-0.2, -0.15) is 0 Å². The third kappa shape index (κ3) is 6.34. The van der Waals surface area contributed by atoms with Gasteiger partial charge in [0, 0.05) is 16.1 Å². The molecule has 0 aliphatic carbocycles. The summed E-state index contributed by atoms with van der Waals surface area (Å²) in [5, 5.41) is 12.6. The number of benzene rings is 2. The number of rotatable bonds is 6. The Labute approximate surface area is 169 Å². The summed E-state index contributed by atoms with van der Waals surface area (Å²) in [4.78, 5) is 23.4. The van der Waals surface area contributed by atoms with E-state index in [-0.39, 0.29) is 6.42 Å². The summed E-state index contributed by atoms with van der Waals surface area (Å²) in [5.41, 5.74) is 1.52. The van der Waals surface area contributed by atoms with Crippen LogP contribution in [0.5, 0.6) is 0 Å². The Hall–Kier alpha value is -1.57. The molecule has 2 N–H and O–H groups in total. The summed E-state index contributed by atoms with van der Waals surface area (Å²) in [7, 11) is 0. The molecule has 1 amide bonds. The van der Waals surface area contributed by atoms with Crippen LogP contribution >= 0.6 is 45.8 Å². The van der Waals surface area contributed by atoms with E-state index < -0.39 is 17.9 Å². The number of carbonyl (C=O) groups is 2. The van der Waals surface area contributed by atoms with Gasteiger partial charge >= 0.3 is 5.97 Å². The van der Waals surface area contributed by atoms with E-state index in [1.165, 1.54) is 6.08 Å². The van der Waals surface area contributed by atoms with Gasteiger partial charge in [0.25, 0.3) is 0 Å². The number of amides is 1. The molecule has 1 unspecified atom stereocenters. The van der Waals surface area contributed by atoms with Crippen molar-refractivity contribution in [1.82, 2.24) is 5.32 Å². The van der Waals surface area contributed by atoms with Gasteiger partial charge in [-0.25, -0.2) is 4.79 Å². The van der Waals surface area contributed by atoms with E-state index in [1.54, 1.807) is 24.3 Å². The van der Waals surface area contributed by atoms with Gasteiger partial charge in [0.15, 0.2) is 0 Å². The van der Waals surface area contributed by atoms with Gasteiger partial charge in [-0.15, -0.1) is 0 Å². The first-order valence-corrected chi connectivity index (χ1v) is 9.09. The Balaban J connectivity index is 2.01. The van der Waals surface area contributed by atoms with Crippen LogP contribution in [-0.2, 0) is 16.0 Å². The summed E-state index contributed by atoms with van der Waals surface area (Å²) < 4.78 is 1.06. The number of carbonyl (C=O) groups excluding carboxylic acids is 1. The van der Waals surface area contributed by atoms with Crippen LogP contribution in [0.25, 0.3) is 6.08 Å². The van der Waals surface area contributed by atoms with Gasteiger partial charge in [-0.05, 0) is 64.1 Å². The van der Waals surface area contributed by atoms with Crippen molar-refractivity contribution in [1.29, 1.82) is 0 Å². The molecule has 0 heterocycles. The highest BCUT2D eigenvalue weighted by atomic mass is 127. The zero-order chi connectivity index (χ0) is 18.4. The first-order chi connectivity index (χ1) is 11.8. The monoisotopic (exact) mass is 489 g/mol. The van der Waals surface area contributed by atoms with Gasteiger partial charge < -0.3 is 10.4 Å². The van der Waals surface area contributed by atoms with Crippen LogP contribution in [0.15, 0.2) is 48.5 Å². The molecular weight excluding hydrogens is 476 g/mol. The Kier molecular flexibility index (Phi) is 7.28. The number of hydrogen-bond donors (Lipinski definition) is 2. The minimum atomic E-state index is -1.09. The van der Waals surface area contributed by atoms with Crippen LogP contribution in [0, 0.1) is 3.57 Å². The van der Waals surface area contributed by atoms with E-state index in [1.807, 2.05) is 24.3 Å². The Morgan fingerprint density at radius 1 is 1.12 bits per heavy atom. The highest BCUT2D eigenvalue weighted by Gasteiger charge is 2.19. The molecule has 7 heteroatoms. The van der Waals surface area contributed by atoms with Gasteiger partial charge in [-0.1, -0.05) is 41.4 Å². The van der Waals surface area contributed by atoms with Crippen LogP contribution in [0.2, 0.25) is 10.0 Å². The lowest BCUT2D eigenvalue weighted by Gasteiger charge is -2.13. The van der Waals surface area contributed by atoms with Gasteiger partial charge in [-0.3, -0.25) is 4.79 Å². The molecule has 0 radical (unpaired) electrons. The number of carboxylic acid groups (broad SMARTS) is 1. The maximum absolute atomic E-state index is 12.0. The molecule has 0 fully saturated rings. The summed E-state index contributed by atoms with van der Waals surface area (Å²) in [6, 6.07) is 11.4. The minimum Gasteiger partial charge on any atom is -0.480 e. The molecule has 0 aliphatic rings. The number of halogens is 3. The topological polar surface area (TPSA) is 66.4 Å². The number of carboxylic acids is 1. The van der Waals surface area contributed by atoms with E-state index in [0.717, 1.165) is 9.13 Å². The second kappa shape index (κ2) is 9.22. The van der Waals surface area contributed by atoms with E-state index in [2.05, 4.69) is 27.9 Å². The molecule has 2 aromatic rings. The van der Waals surface area contributed by atoms with Crippen LogP contribution in [0.3, 0.4) is 0 Å². The summed E-state index contributed by atoms with van der Waals surface area (Å²) >= 11 is 13.9. The van der Waals surface area contributed by atoms with E-state index in [9.17, 15) is 14.7 Å². The Morgan fingerprint density at radius 2 is 1.80 bits per heavy atom. The quantitative estimate of drug-likeness (QED) is 0.466. The zero-order valence-electron chi connectivity index (χ0n) is 12.9. The van der Waals surface area contributed by atoms with Crippen molar-refractivity contribution < 1.29 is 14.7 Å². The van der Waals surface area contributed by atoms with Crippen molar-refractivity contribution in [3.05, 3.63) is 73.3 Å². The maximum Gasteiger partial charge on any atom is 0.326 e. The number of nitrogens with one attached hydrogen (secondary N) is 1. The van der Waals surface area contributed by atoms with Crippen molar-refractivity contribution in [2.45, 2.75) is 12.5 Å². The first-order valence-electron chi connectivity index (χ1n) is 7.26. The van der Waals surface area contributed by atoms with Crippen molar-refractivity contribution in [3.8, 4) is 0 Å². The Bertz CT molecular complexity index is 806. The molecular formula is C18H14Cl2INO3. The molecule has 0 spiro atoms. The number of aliphatic carboxylic acids is 1. The molecule has 2 rings (SSSR count). The van der Waals surface area contributed by atoms with Crippen molar-refractivity contribution in [2.75, 3.05) is 0 Å². The van der Waals surface area contributed by atoms with Crippen LogP contribution in [0.4, 0.5) is 0 Å². The smallest absolute Gasteiger partial charge is 0.326 e. The average molecular weight is 490 g/mol. The zero-order valence-corrected chi connectivity index (χ0v) is 16.5. The Morgan fingerprint density at radius 3 is 2.40 bits per heavy atom. The molecule has 0 aliphatic heterocycles. The molecule has 1 atom stereocenters. The molecule has 130 valence electrons. The third-order valence-electron chi connectivity index (χ3n) is 3.34. The lowest BCUT2D eigenvalue weighted by atomic mass is 10.1. The fourth-order valence-corrected chi connectivity index (χ4v) is 2.73. The summed E-state index contributed by atoms with van der Waals surface area (Å²) in [5.74, 6) is -1.58. The van der Waals surface area contributed by atoms with Crippen LogP contribution < -0.4 is 5.32 Å². The normalized spacial score (nSPS) is 12.1. The standard InChI is InChI=1S/C18H14Cl2INO3/c19-14-7-3-11(9-15(14)20)4-8-17(23)22-16(18(24)25)10-12-1-5-13(21)6-2-12/h1-9,16H,10H2,(H,22,23)(H,24,25). The number of hydrogen-bond acceptors (Lipinski definition) is 2. The lowest BCUT2D eigenvalue weighted by Crippen LogP contribution is -2.41. The predicted octanol–water partition coefficient (Wildman–Crippen LogP) is 4.42. The third-order valence-corrected chi connectivity index (χ3v) is 4.80. The molecule has 0 bridgehead atoms. The highest BCUT2D eigenvalue weighted by Crippen LogP contribution is 2.23. The van der Waals surface area contributed by atoms with E-state index in [0.29, 0.717) is 15.6 Å². The molecule has 0 aromatic heterocycles. The second-order valence-electron chi connectivity index (χ2n) is 5.24. The van der Waals surface area contributed by atoms with Crippen LogP contribution in [0.1, 0.15) is 11.1 Å². The average Bonchev–Trinajstić information content (AvgIpc) is 2.57. The van der Waals surface area contributed by atoms with Crippen molar-refractivity contribution in [2.24, 2.45) is 0 Å². The van der Waals surface area contributed by atoms with Gasteiger partial charge in [0.05, 0.1) is 10.0 Å². The summed E-state index contributed by atoms with van der Waals surface area (Å²) in [6.07, 6.45) is 3.02. The van der Waals surface area contributed by atoms with Gasteiger partial charge in [0.1, 0.15) is 6.04 Å². The molecule has 0 saturated carbocycles. The van der Waals surface area contributed by atoms with Gasteiger partial charge in [0.2, 0.25) is 5.91 Å². The molecule has 0 saturated heterocycles. The van der Waals surface area contributed by atoms with E-state index in [4.69, 9.17) is 23.2 Å². The summed E-state index contributed by atoms with van der Waals surface area (Å²) in [6.45, 7) is 0.